The van der Waals surface area contributed by atoms with Crippen LogP contribution >= 0.6 is 24.8 Å². The van der Waals surface area contributed by atoms with Crippen LogP contribution in [-0.2, 0) is 4.79 Å². The van der Waals surface area contributed by atoms with Crippen molar-refractivity contribution < 1.29 is 4.79 Å². The smallest absolute Gasteiger partial charge is 0.238 e. The highest BCUT2D eigenvalue weighted by molar-refractivity contribution is 5.92. The maximum atomic E-state index is 11.8. The molecule has 0 unspecified atom stereocenters. The molecule has 0 spiro atoms. The highest BCUT2D eigenvalue weighted by Gasteiger charge is 2.13. The maximum absolute atomic E-state index is 11.8. The van der Waals surface area contributed by atoms with E-state index in [1.807, 2.05) is 31.2 Å². The minimum absolute atomic E-state index is 0. The summed E-state index contributed by atoms with van der Waals surface area (Å²) in [5.74, 6) is 0.0671. The Hall–Kier alpha value is -0.810. The second kappa shape index (κ2) is 9.15. The number of hydrogen-bond acceptors (Lipinski definition) is 3. The lowest BCUT2D eigenvalue weighted by Crippen LogP contribution is -2.46. The molecule has 1 aliphatic heterocycles. The molecular weight excluding hydrogens is 285 g/mol. The van der Waals surface area contributed by atoms with E-state index < -0.39 is 0 Å². The first-order valence-electron chi connectivity index (χ1n) is 6.03. The zero-order valence-corrected chi connectivity index (χ0v) is 12.6. The molecule has 0 radical (unpaired) electrons. The Morgan fingerprint density at radius 3 is 2.63 bits per heavy atom. The van der Waals surface area contributed by atoms with Gasteiger partial charge in [-0.2, -0.15) is 0 Å². The fourth-order valence-electron chi connectivity index (χ4n) is 2.00. The number of halogens is 2. The van der Waals surface area contributed by atoms with Gasteiger partial charge in [0.2, 0.25) is 5.91 Å². The van der Waals surface area contributed by atoms with Gasteiger partial charge in [-0.15, -0.1) is 24.8 Å². The third-order valence-corrected chi connectivity index (χ3v) is 2.88. The summed E-state index contributed by atoms with van der Waals surface area (Å²) in [6.07, 6.45) is 0. The first-order valence-corrected chi connectivity index (χ1v) is 6.03. The summed E-state index contributed by atoms with van der Waals surface area (Å²) in [6, 6.07) is 7.88. The van der Waals surface area contributed by atoms with Crippen LogP contribution in [-0.4, -0.2) is 43.5 Å². The fraction of sp³-hybridized carbons (Fsp3) is 0.462. The first-order chi connectivity index (χ1) is 8.24. The summed E-state index contributed by atoms with van der Waals surface area (Å²) in [4.78, 5) is 14.0. The Bertz CT molecular complexity index is 395. The normalized spacial score (nSPS) is 15.0. The van der Waals surface area contributed by atoms with E-state index in [0.29, 0.717) is 6.54 Å². The monoisotopic (exact) mass is 305 g/mol. The van der Waals surface area contributed by atoms with Gasteiger partial charge >= 0.3 is 0 Å². The SMILES string of the molecule is Cc1cccc(NC(=O)CN2CCNCC2)c1.Cl.Cl. The molecule has 2 N–H and O–H groups in total. The van der Waals surface area contributed by atoms with Crippen LogP contribution in [0.15, 0.2) is 24.3 Å². The lowest BCUT2D eigenvalue weighted by atomic mass is 10.2. The zero-order valence-electron chi connectivity index (χ0n) is 11.0. The van der Waals surface area contributed by atoms with Crippen LogP contribution in [0.2, 0.25) is 0 Å². The van der Waals surface area contributed by atoms with Gasteiger partial charge in [0.1, 0.15) is 0 Å². The summed E-state index contributed by atoms with van der Waals surface area (Å²) >= 11 is 0. The highest BCUT2D eigenvalue weighted by Crippen LogP contribution is 2.09. The fourth-order valence-corrected chi connectivity index (χ4v) is 2.00. The van der Waals surface area contributed by atoms with Crippen molar-refractivity contribution in [2.45, 2.75) is 6.92 Å². The molecule has 1 saturated heterocycles. The molecule has 108 valence electrons. The minimum atomic E-state index is 0. The number of carbonyl (C=O) groups excluding carboxylic acids is 1. The van der Waals surface area contributed by atoms with E-state index in [-0.39, 0.29) is 30.7 Å². The molecule has 0 aliphatic carbocycles. The number of nitrogens with zero attached hydrogens (tertiary/aromatic N) is 1. The summed E-state index contributed by atoms with van der Waals surface area (Å²) in [5, 5.41) is 6.20. The third kappa shape index (κ3) is 6.25. The van der Waals surface area contributed by atoms with Crippen molar-refractivity contribution in [2.75, 3.05) is 38.0 Å². The van der Waals surface area contributed by atoms with Gasteiger partial charge in [0, 0.05) is 31.9 Å². The largest absolute Gasteiger partial charge is 0.325 e. The van der Waals surface area contributed by atoms with E-state index in [1.54, 1.807) is 0 Å². The lowest BCUT2D eigenvalue weighted by molar-refractivity contribution is -0.117. The van der Waals surface area contributed by atoms with Gasteiger partial charge in [0.05, 0.1) is 6.54 Å². The van der Waals surface area contributed by atoms with Crippen LogP contribution in [0, 0.1) is 6.92 Å². The van der Waals surface area contributed by atoms with Crippen molar-refractivity contribution in [3.8, 4) is 0 Å². The molecule has 0 atom stereocenters. The van der Waals surface area contributed by atoms with Crippen molar-refractivity contribution in [1.82, 2.24) is 10.2 Å². The number of hydrogen-bond donors (Lipinski definition) is 2. The van der Waals surface area contributed by atoms with Crippen LogP contribution in [0.4, 0.5) is 5.69 Å². The molecule has 0 saturated carbocycles. The number of carbonyl (C=O) groups is 1. The Balaban J connectivity index is 0.00000162. The summed E-state index contributed by atoms with van der Waals surface area (Å²) < 4.78 is 0. The van der Waals surface area contributed by atoms with Gasteiger partial charge in [0.25, 0.3) is 0 Å². The molecule has 19 heavy (non-hydrogen) atoms. The second-order valence-electron chi connectivity index (χ2n) is 4.44. The molecule has 1 heterocycles. The van der Waals surface area contributed by atoms with Gasteiger partial charge in [-0.3, -0.25) is 9.69 Å². The van der Waals surface area contributed by atoms with Gasteiger partial charge < -0.3 is 10.6 Å². The van der Waals surface area contributed by atoms with E-state index in [2.05, 4.69) is 15.5 Å². The first kappa shape index (κ1) is 18.2. The predicted octanol–water partition coefficient (Wildman–Crippen LogP) is 1.68. The van der Waals surface area contributed by atoms with Crippen LogP contribution in [0.1, 0.15) is 5.56 Å². The number of anilines is 1. The van der Waals surface area contributed by atoms with Gasteiger partial charge in [0.15, 0.2) is 0 Å². The maximum Gasteiger partial charge on any atom is 0.238 e. The topological polar surface area (TPSA) is 44.4 Å². The van der Waals surface area contributed by atoms with E-state index in [4.69, 9.17) is 0 Å². The highest BCUT2D eigenvalue weighted by atomic mass is 35.5. The van der Waals surface area contributed by atoms with Crippen LogP contribution < -0.4 is 10.6 Å². The summed E-state index contributed by atoms with van der Waals surface area (Å²) in [6.45, 7) is 6.33. The molecule has 1 aromatic rings. The lowest BCUT2D eigenvalue weighted by Gasteiger charge is -2.26. The Labute approximate surface area is 126 Å². The van der Waals surface area contributed by atoms with E-state index >= 15 is 0 Å². The average Bonchev–Trinajstić information content (AvgIpc) is 2.30. The minimum Gasteiger partial charge on any atom is -0.325 e. The molecule has 2 rings (SSSR count). The van der Waals surface area contributed by atoms with Crippen molar-refractivity contribution in [2.24, 2.45) is 0 Å². The van der Waals surface area contributed by atoms with Crippen LogP contribution in [0.5, 0.6) is 0 Å². The number of aryl methyl sites for hydroxylation is 1. The Kier molecular flexibility index (Phi) is 8.76. The number of rotatable bonds is 3. The number of piperazine rings is 1. The van der Waals surface area contributed by atoms with Gasteiger partial charge in [-0.25, -0.2) is 0 Å². The predicted molar refractivity (Wildman–Crippen MR) is 83.6 cm³/mol. The summed E-state index contributed by atoms with van der Waals surface area (Å²) in [5.41, 5.74) is 2.04. The average molecular weight is 306 g/mol. The van der Waals surface area contributed by atoms with E-state index in [1.165, 1.54) is 0 Å². The molecule has 1 fully saturated rings. The molecular formula is C13H21Cl2N3O. The third-order valence-electron chi connectivity index (χ3n) is 2.88. The number of benzene rings is 1. The Morgan fingerprint density at radius 2 is 2.00 bits per heavy atom. The van der Waals surface area contributed by atoms with Crippen LogP contribution in [0.25, 0.3) is 0 Å². The number of nitrogens with one attached hydrogen (secondary N) is 2. The molecule has 0 bridgehead atoms. The quantitative estimate of drug-likeness (QED) is 0.893. The molecule has 0 aromatic heterocycles. The molecule has 1 amide bonds. The van der Waals surface area contributed by atoms with Gasteiger partial charge in [-0.1, -0.05) is 12.1 Å². The van der Waals surface area contributed by atoms with Crippen LogP contribution in [0.3, 0.4) is 0 Å². The molecule has 1 aromatic carbocycles. The molecule has 1 aliphatic rings. The number of amides is 1. The van der Waals surface area contributed by atoms with Crippen molar-refractivity contribution in [1.29, 1.82) is 0 Å². The van der Waals surface area contributed by atoms with Gasteiger partial charge in [-0.05, 0) is 24.6 Å². The Morgan fingerprint density at radius 1 is 1.32 bits per heavy atom. The van der Waals surface area contributed by atoms with Crippen molar-refractivity contribution in [3.05, 3.63) is 29.8 Å². The van der Waals surface area contributed by atoms with Crippen molar-refractivity contribution >= 4 is 36.4 Å². The standard InChI is InChI=1S/C13H19N3O.2ClH/c1-11-3-2-4-12(9-11)15-13(17)10-16-7-5-14-6-8-16;;/h2-4,9,14H,5-8,10H2,1H3,(H,15,17);2*1H. The zero-order chi connectivity index (χ0) is 12.1. The van der Waals surface area contributed by atoms with E-state index in [9.17, 15) is 4.79 Å². The van der Waals surface area contributed by atoms with Crippen molar-refractivity contribution in [3.63, 3.8) is 0 Å². The second-order valence-corrected chi connectivity index (χ2v) is 4.44. The molecule has 6 heteroatoms. The van der Waals surface area contributed by atoms with E-state index in [0.717, 1.165) is 37.4 Å². The summed E-state index contributed by atoms with van der Waals surface area (Å²) in [7, 11) is 0. The molecule has 4 nitrogen and oxygen atoms in total.